The number of nitrogens with zero attached hydrogens (tertiary/aromatic N) is 1. The molecule has 7 heteroatoms. The van der Waals surface area contributed by atoms with E-state index in [1.165, 1.54) is 12.1 Å². The van der Waals surface area contributed by atoms with Gasteiger partial charge in [0.1, 0.15) is 11.6 Å². The lowest BCUT2D eigenvalue weighted by Crippen LogP contribution is -2.36. The Hall–Kier alpha value is -1.82. The molecule has 0 aliphatic heterocycles. The van der Waals surface area contributed by atoms with E-state index in [9.17, 15) is 9.18 Å². The number of nitrogens with one attached hydrogen (secondary N) is 1. The average Bonchev–Trinajstić information content (AvgIpc) is 2.55. The topological polar surface area (TPSA) is 41.6 Å². The second kappa shape index (κ2) is 9.04. The molecule has 0 aliphatic carbocycles. The molecule has 0 bridgehead atoms. The van der Waals surface area contributed by atoms with Crippen molar-refractivity contribution in [2.24, 2.45) is 0 Å². The number of ether oxygens (including phenoxy) is 1. The maximum atomic E-state index is 13.4. The maximum Gasteiger partial charge on any atom is 0.258 e. The summed E-state index contributed by atoms with van der Waals surface area (Å²) in [5.74, 6) is -0.271. The highest BCUT2D eigenvalue weighted by atomic mass is 35.5. The number of halogens is 3. The van der Waals surface area contributed by atoms with Gasteiger partial charge in [0, 0.05) is 17.6 Å². The lowest BCUT2D eigenvalue weighted by molar-refractivity contribution is -0.123. The molecule has 1 atom stereocenters. The predicted octanol–water partition coefficient (Wildman–Crippen LogP) is 3.93. The van der Waals surface area contributed by atoms with Gasteiger partial charge in [-0.25, -0.2) is 4.39 Å². The van der Waals surface area contributed by atoms with Gasteiger partial charge in [-0.05, 0) is 43.9 Å². The van der Waals surface area contributed by atoms with Gasteiger partial charge in [0.2, 0.25) is 0 Å². The number of benzene rings is 2. The predicted molar refractivity (Wildman–Crippen MR) is 97.8 cm³/mol. The van der Waals surface area contributed by atoms with Crippen LogP contribution < -0.4 is 10.1 Å². The average molecular weight is 385 g/mol. The van der Waals surface area contributed by atoms with E-state index in [2.05, 4.69) is 5.32 Å². The molecule has 2 rings (SSSR count). The first-order chi connectivity index (χ1) is 11.9. The molecule has 25 heavy (non-hydrogen) atoms. The number of rotatable bonds is 7. The summed E-state index contributed by atoms with van der Waals surface area (Å²) in [5.41, 5.74) is 0.782. The van der Waals surface area contributed by atoms with Crippen molar-refractivity contribution in [3.05, 3.63) is 63.9 Å². The summed E-state index contributed by atoms with van der Waals surface area (Å²) in [6.07, 6.45) is 0. The number of hydrogen-bond acceptors (Lipinski definition) is 3. The van der Waals surface area contributed by atoms with E-state index in [0.29, 0.717) is 22.3 Å². The summed E-state index contributed by atoms with van der Waals surface area (Å²) in [7, 11) is 3.73. The first-order valence-electron chi connectivity index (χ1n) is 7.63. The van der Waals surface area contributed by atoms with Gasteiger partial charge >= 0.3 is 0 Å². The van der Waals surface area contributed by atoms with Crippen LogP contribution in [0.4, 0.5) is 4.39 Å². The van der Waals surface area contributed by atoms with Crippen molar-refractivity contribution in [1.82, 2.24) is 10.2 Å². The van der Waals surface area contributed by atoms with Gasteiger partial charge < -0.3 is 15.0 Å². The van der Waals surface area contributed by atoms with Gasteiger partial charge in [0.25, 0.3) is 5.91 Å². The molecule has 1 unspecified atom stereocenters. The molecule has 0 fully saturated rings. The van der Waals surface area contributed by atoms with Gasteiger partial charge in [-0.2, -0.15) is 0 Å². The number of amides is 1. The zero-order valence-electron chi connectivity index (χ0n) is 13.9. The molecule has 0 aromatic heterocycles. The fourth-order valence-corrected chi connectivity index (χ4v) is 2.64. The Kier molecular flexibility index (Phi) is 7.05. The Morgan fingerprint density at radius 1 is 1.24 bits per heavy atom. The first kappa shape index (κ1) is 19.5. The number of carbonyl (C=O) groups excluding carboxylic acids is 1. The highest BCUT2D eigenvalue weighted by Crippen LogP contribution is 2.27. The molecule has 0 saturated carbocycles. The summed E-state index contributed by atoms with van der Waals surface area (Å²) < 4.78 is 18.8. The maximum absolute atomic E-state index is 13.4. The van der Waals surface area contributed by atoms with Crippen molar-refractivity contribution in [3.8, 4) is 5.75 Å². The molecule has 0 heterocycles. The third-order valence-corrected chi connectivity index (χ3v) is 4.15. The van der Waals surface area contributed by atoms with Gasteiger partial charge in [-0.15, -0.1) is 0 Å². The quantitative estimate of drug-likeness (QED) is 0.785. The van der Waals surface area contributed by atoms with Crippen molar-refractivity contribution in [3.63, 3.8) is 0 Å². The van der Waals surface area contributed by atoms with Crippen LogP contribution in [0.25, 0.3) is 0 Å². The summed E-state index contributed by atoms with van der Waals surface area (Å²) in [4.78, 5) is 13.9. The Morgan fingerprint density at radius 2 is 2.00 bits per heavy atom. The molecular weight excluding hydrogens is 366 g/mol. The highest BCUT2D eigenvalue weighted by Gasteiger charge is 2.16. The second-order valence-electron chi connectivity index (χ2n) is 5.70. The SMILES string of the molecule is CN(C)C(CNC(=O)COc1cc(Cl)ccc1Cl)c1cccc(F)c1. The van der Waals surface area contributed by atoms with Crippen molar-refractivity contribution in [2.75, 3.05) is 27.2 Å². The number of likely N-dealkylation sites (N-methyl/N-ethyl adjacent to an activating group) is 1. The smallest absolute Gasteiger partial charge is 0.258 e. The Labute approximate surface area is 156 Å². The highest BCUT2D eigenvalue weighted by molar-refractivity contribution is 6.34. The van der Waals surface area contributed by atoms with E-state index < -0.39 is 0 Å². The normalized spacial score (nSPS) is 12.1. The minimum atomic E-state index is -0.311. The summed E-state index contributed by atoms with van der Waals surface area (Å²) in [6.45, 7) is 0.130. The molecular formula is C18H19Cl2FN2O2. The minimum Gasteiger partial charge on any atom is -0.482 e. The van der Waals surface area contributed by atoms with Crippen LogP contribution >= 0.6 is 23.2 Å². The largest absolute Gasteiger partial charge is 0.482 e. The van der Waals surface area contributed by atoms with Crippen molar-refractivity contribution in [1.29, 1.82) is 0 Å². The number of carbonyl (C=O) groups is 1. The van der Waals surface area contributed by atoms with E-state index in [1.54, 1.807) is 24.3 Å². The molecule has 1 amide bonds. The Bertz CT molecular complexity index is 741. The standard InChI is InChI=1S/C18H19Cl2FN2O2/c1-23(2)16(12-4-3-5-14(21)8-12)10-22-18(24)11-25-17-9-13(19)6-7-15(17)20/h3-9,16H,10-11H2,1-2H3,(H,22,24). The lowest BCUT2D eigenvalue weighted by atomic mass is 10.1. The van der Waals surface area contributed by atoms with Crippen LogP contribution in [-0.4, -0.2) is 38.1 Å². The zero-order chi connectivity index (χ0) is 18.4. The number of hydrogen-bond donors (Lipinski definition) is 1. The third-order valence-electron chi connectivity index (χ3n) is 3.60. The van der Waals surface area contributed by atoms with E-state index in [4.69, 9.17) is 27.9 Å². The fraction of sp³-hybridized carbons (Fsp3) is 0.278. The first-order valence-corrected chi connectivity index (χ1v) is 8.39. The monoisotopic (exact) mass is 384 g/mol. The molecule has 0 spiro atoms. The summed E-state index contributed by atoms with van der Waals surface area (Å²) >= 11 is 11.9. The molecule has 4 nitrogen and oxygen atoms in total. The van der Waals surface area contributed by atoms with Crippen LogP contribution in [0.15, 0.2) is 42.5 Å². The van der Waals surface area contributed by atoms with Crippen LogP contribution in [0.1, 0.15) is 11.6 Å². The van der Waals surface area contributed by atoms with Crippen molar-refractivity contribution in [2.45, 2.75) is 6.04 Å². The summed E-state index contributed by atoms with van der Waals surface area (Å²) in [5, 5.41) is 3.63. The van der Waals surface area contributed by atoms with Crippen LogP contribution in [0.5, 0.6) is 5.75 Å². The van der Waals surface area contributed by atoms with E-state index >= 15 is 0 Å². The second-order valence-corrected chi connectivity index (χ2v) is 6.55. The Morgan fingerprint density at radius 3 is 2.68 bits per heavy atom. The Balaban J connectivity index is 1.92. The van der Waals surface area contributed by atoms with E-state index in [-0.39, 0.29) is 24.4 Å². The molecule has 0 saturated heterocycles. The molecule has 1 N–H and O–H groups in total. The van der Waals surface area contributed by atoms with Gasteiger partial charge in [-0.1, -0.05) is 35.3 Å². The van der Waals surface area contributed by atoms with Gasteiger partial charge in [-0.3, -0.25) is 4.79 Å². The van der Waals surface area contributed by atoms with E-state index in [0.717, 1.165) is 5.56 Å². The van der Waals surface area contributed by atoms with Gasteiger partial charge in [0.15, 0.2) is 6.61 Å². The molecule has 0 radical (unpaired) electrons. The molecule has 2 aromatic carbocycles. The zero-order valence-corrected chi connectivity index (χ0v) is 15.4. The lowest BCUT2D eigenvalue weighted by Gasteiger charge is -2.25. The van der Waals surface area contributed by atoms with Crippen LogP contribution in [-0.2, 0) is 4.79 Å². The van der Waals surface area contributed by atoms with Crippen LogP contribution in [0.3, 0.4) is 0 Å². The molecule has 134 valence electrons. The summed E-state index contributed by atoms with van der Waals surface area (Å²) in [6, 6.07) is 10.9. The van der Waals surface area contributed by atoms with Crippen molar-refractivity contribution >= 4 is 29.1 Å². The molecule has 0 aliphatic rings. The molecule has 2 aromatic rings. The van der Waals surface area contributed by atoms with Crippen LogP contribution in [0, 0.1) is 5.82 Å². The third kappa shape index (κ3) is 5.88. The fourth-order valence-electron chi connectivity index (χ4n) is 2.31. The van der Waals surface area contributed by atoms with Crippen molar-refractivity contribution < 1.29 is 13.9 Å². The van der Waals surface area contributed by atoms with Crippen LogP contribution in [0.2, 0.25) is 10.0 Å². The minimum absolute atomic E-state index is 0.158. The van der Waals surface area contributed by atoms with E-state index in [1.807, 2.05) is 25.1 Å². The van der Waals surface area contributed by atoms with Gasteiger partial charge in [0.05, 0.1) is 11.1 Å².